The predicted molar refractivity (Wildman–Crippen MR) is 68.5 cm³/mol. The molecule has 1 aliphatic carbocycles. The number of esters is 1. The fourth-order valence-corrected chi connectivity index (χ4v) is 2.40. The van der Waals surface area contributed by atoms with Gasteiger partial charge in [0.2, 0.25) is 0 Å². The van der Waals surface area contributed by atoms with Crippen molar-refractivity contribution in [1.82, 2.24) is 0 Å². The van der Waals surface area contributed by atoms with E-state index >= 15 is 0 Å². The average Bonchev–Trinajstić information content (AvgIpc) is 2.64. The maximum absolute atomic E-state index is 11.7. The number of allylic oxidation sites excluding steroid dienone is 1. The molecule has 0 radical (unpaired) electrons. The molecule has 0 aromatic rings. The van der Waals surface area contributed by atoms with Crippen molar-refractivity contribution in [2.45, 2.75) is 39.0 Å². The van der Waals surface area contributed by atoms with E-state index < -0.39 is 5.97 Å². The van der Waals surface area contributed by atoms with Gasteiger partial charge >= 0.3 is 11.9 Å². The summed E-state index contributed by atoms with van der Waals surface area (Å²) in [6, 6.07) is 0. The quantitative estimate of drug-likeness (QED) is 0.433. The normalized spacial score (nSPS) is 22.9. The number of carbonyl (C=O) groups excluding carboxylic acids is 2. The Morgan fingerprint density at radius 1 is 1.42 bits per heavy atom. The van der Waals surface area contributed by atoms with Crippen LogP contribution in [-0.4, -0.2) is 29.4 Å². The minimum absolute atomic E-state index is 0.0388. The predicted octanol–water partition coefficient (Wildman–Crippen LogP) is 1.96. The Kier molecular flexibility index (Phi) is 6.25. The van der Waals surface area contributed by atoms with Crippen molar-refractivity contribution in [2.75, 3.05) is 6.61 Å². The summed E-state index contributed by atoms with van der Waals surface area (Å²) in [7, 11) is 0. The number of aliphatic carboxylic acids is 1. The molecule has 2 atom stereocenters. The minimum Gasteiger partial charge on any atom is -0.481 e. The third-order valence-corrected chi connectivity index (χ3v) is 3.33. The molecule has 1 fully saturated rings. The van der Waals surface area contributed by atoms with Crippen LogP contribution in [0.25, 0.3) is 0 Å². The molecule has 1 saturated carbocycles. The summed E-state index contributed by atoms with van der Waals surface area (Å²) >= 11 is 0. The van der Waals surface area contributed by atoms with Gasteiger partial charge < -0.3 is 9.84 Å². The highest BCUT2D eigenvalue weighted by Crippen LogP contribution is 2.33. The topological polar surface area (TPSA) is 80.7 Å². The molecule has 1 rings (SSSR count). The van der Waals surface area contributed by atoms with Gasteiger partial charge in [0.05, 0.1) is 6.61 Å². The molecule has 0 unspecified atom stereocenters. The molecule has 1 aliphatic rings. The Morgan fingerprint density at radius 2 is 2.16 bits per heavy atom. The second-order valence-corrected chi connectivity index (χ2v) is 4.81. The number of carbonyl (C=O) groups is 3. The molecular weight excluding hydrogens is 248 g/mol. The molecule has 0 aromatic heterocycles. The Bertz CT molecular complexity index is 372. The largest absolute Gasteiger partial charge is 0.481 e. The van der Waals surface area contributed by atoms with Crippen LogP contribution in [0.2, 0.25) is 0 Å². The molecule has 0 amide bonds. The average molecular weight is 268 g/mol. The van der Waals surface area contributed by atoms with Crippen molar-refractivity contribution in [3.63, 3.8) is 0 Å². The lowest BCUT2D eigenvalue weighted by Gasteiger charge is -2.14. The molecular formula is C14H20O5. The summed E-state index contributed by atoms with van der Waals surface area (Å²) < 4.78 is 4.77. The number of ketones is 1. The van der Waals surface area contributed by atoms with Crippen LogP contribution in [0.1, 0.15) is 39.0 Å². The van der Waals surface area contributed by atoms with Crippen LogP contribution in [0, 0.1) is 11.8 Å². The molecule has 1 N–H and O–H groups in total. The number of carboxylic acid groups (broad SMARTS) is 1. The van der Waals surface area contributed by atoms with Crippen molar-refractivity contribution in [3.05, 3.63) is 12.2 Å². The molecule has 19 heavy (non-hydrogen) atoms. The van der Waals surface area contributed by atoms with Gasteiger partial charge in [-0.3, -0.25) is 14.4 Å². The van der Waals surface area contributed by atoms with Crippen LogP contribution in [0.15, 0.2) is 12.2 Å². The Morgan fingerprint density at radius 3 is 2.79 bits per heavy atom. The molecule has 0 bridgehead atoms. The van der Waals surface area contributed by atoms with E-state index in [1.54, 1.807) is 0 Å². The third kappa shape index (κ3) is 5.68. The second kappa shape index (κ2) is 7.71. The standard InChI is InChI=1S/C14H20O5/c1-10(15)19-8-4-2-3-5-12-11(9-14(17)18)6-7-13(12)16/h2-3,11-12H,4-9H2,1H3,(H,17,18)/b3-2-/t11-,12-/m0/s1. The summed E-state index contributed by atoms with van der Waals surface area (Å²) in [6.07, 6.45) is 6.18. The first-order valence-electron chi connectivity index (χ1n) is 6.53. The highest BCUT2D eigenvalue weighted by atomic mass is 16.5. The molecule has 0 spiro atoms. The fraction of sp³-hybridized carbons (Fsp3) is 0.643. The lowest BCUT2D eigenvalue weighted by molar-refractivity contribution is -0.141. The zero-order valence-corrected chi connectivity index (χ0v) is 11.1. The zero-order valence-electron chi connectivity index (χ0n) is 11.1. The van der Waals surface area contributed by atoms with Crippen molar-refractivity contribution in [3.8, 4) is 0 Å². The molecule has 5 nitrogen and oxygen atoms in total. The highest BCUT2D eigenvalue weighted by Gasteiger charge is 2.34. The van der Waals surface area contributed by atoms with Crippen LogP contribution in [0.4, 0.5) is 0 Å². The maximum Gasteiger partial charge on any atom is 0.303 e. The van der Waals surface area contributed by atoms with Gasteiger partial charge in [0, 0.05) is 25.7 Å². The van der Waals surface area contributed by atoms with E-state index in [9.17, 15) is 14.4 Å². The van der Waals surface area contributed by atoms with Gasteiger partial charge in [0.15, 0.2) is 0 Å². The Hall–Kier alpha value is -1.65. The van der Waals surface area contributed by atoms with Crippen LogP contribution in [0.5, 0.6) is 0 Å². The van der Waals surface area contributed by atoms with Crippen LogP contribution < -0.4 is 0 Å². The number of carboxylic acids is 1. The van der Waals surface area contributed by atoms with E-state index in [1.807, 2.05) is 12.2 Å². The number of Topliss-reactive ketones (excluding diaryl/α,β-unsaturated/α-hetero) is 1. The van der Waals surface area contributed by atoms with Gasteiger partial charge in [-0.15, -0.1) is 0 Å². The van der Waals surface area contributed by atoms with Gasteiger partial charge in [-0.25, -0.2) is 0 Å². The summed E-state index contributed by atoms with van der Waals surface area (Å²) in [5, 5.41) is 8.79. The van der Waals surface area contributed by atoms with Gasteiger partial charge in [-0.1, -0.05) is 12.2 Å². The van der Waals surface area contributed by atoms with Crippen LogP contribution >= 0.6 is 0 Å². The SMILES string of the molecule is CC(=O)OCC/C=C\C[C@@H]1C(=O)CC[C@H]1CC(=O)O. The molecule has 0 aromatic carbocycles. The van der Waals surface area contributed by atoms with E-state index in [2.05, 4.69) is 0 Å². The summed E-state index contributed by atoms with van der Waals surface area (Å²) in [5.41, 5.74) is 0. The third-order valence-electron chi connectivity index (χ3n) is 3.33. The molecule has 0 heterocycles. The summed E-state index contributed by atoms with van der Waals surface area (Å²) in [5.74, 6) is -1.19. The van der Waals surface area contributed by atoms with E-state index in [-0.39, 0.29) is 30.0 Å². The van der Waals surface area contributed by atoms with Gasteiger partial charge in [-0.2, -0.15) is 0 Å². The summed E-state index contributed by atoms with van der Waals surface area (Å²) in [6.45, 7) is 1.69. The first kappa shape index (κ1) is 15.4. The first-order chi connectivity index (χ1) is 9.00. The molecule has 5 heteroatoms. The maximum atomic E-state index is 11.7. The van der Waals surface area contributed by atoms with E-state index in [1.165, 1.54) is 6.92 Å². The fourth-order valence-electron chi connectivity index (χ4n) is 2.40. The van der Waals surface area contributed by atoms with E-state index in [0.29, 0.717) is 32.3 Å². The Balaban J connectivity index is 2.32. The number of hydrogen-bond acceptors (Lipinski definition) is 4. The zero-order chi connectivity index (χ0) is 14.3. The second-order valence-electron chi connectivity index (χ2n) is 4.81. The van der Waals surface area contributed by atoms with Crippen molar-refractivity contribution >= 4 is 17.7 Å². The van der Waals surface area contributed by atoms with Crippen LogP contribution in [-0.2, 0) is 19.1 Å². The van der Waals surface area contributed by atoms with Gasteiger partial charge in [0.25, 0.3) is 0 Å². The molecule has 0 saturated heterocycles. The molecule has 0 aliphatic heterocycles. The van der Waals surface area contributed by atoms with E-state index in [0.717, 1.165) is 0 Å². The van der Waals surface area contributed by atoms with Gasteiger partial charge in [-0.05, 0) is 25.2 Å². The van der Waals surface area contributed by atoms with Gasteiger partial charge in [0.1, 0.15) is 5.78 Å². The molecule has 106 valence electrons. The van der Waals surface area contributed by atoms with E-state index in [4.69, 9.17) is 9.84 Å². The lowest BCUT2D eigenvalue weighted by Crippen LogP contribution is -2.17. The number of hydrogen-bond donors (Lipinski definition) is 1. The number of rotatable bonds is 7. The highest BCUT2D eigenvalue weighted by molar-refractivity contribution is 5.84. The lowest BCUT2D eigenvalue weighted by atomic mass is 9.89. The Labute approximate surface area is 112 Å². The number of ether oxygens (including phenoxy) is 1. The first-order valence-corrected chi connectivity index (χ1v) is 6.53. The van der Waals surface area contributed by atoms with Crippen molar-refractivity contribution in [2.24, 2.45) is 11.8 Å². The van der Waals surface area contributed by atoms with Crippen molar-refractivity contribution < 1.29 is 24.2 Å². The van der Waals surface area contributed by atoms with Crippen molar-refractivity contribution in [1.29, 1.82) is 0 Å². The summed E-state index contributed by atoms with van der Waals surface area (Å²) in [4.78, 5) is 32.9. The smallest absolute Gasteiger partial charge is 0.303 e. The minimum atomic E-state index is -0.844. The monoisotopic (exact) mass is 268 g/mol. The van der Waals surface area contributed by atoms with Crippen LogP contribution in [0.3, 0.4) is 0 Å².